The Kier molecular flexibility index (Phi) is 3.56. The Bertz CT molecular complexity index is 461. The highest BCUT2D eigenvalue weighted by Gasteiger charge is 2.16. The van der Waals surface area contributed by atoms with Crippen LogP contribution >= 0.6 is 0 Å². The molecule has 0 unspecified atom stereocenters. The molecule has 0 N–H and O–H groups in total. The van der Waals surface area contributed by atoms with Crippen molar-refractivity contribution < 1.29 is 4.92 Å². The van der Waals surface area contributed by atoms with Crippen LogP contribution < -0.4 is 0 Å². The molecule has 0 aliphatic carbocycles. The van der Waals surface area contributed by atoms with Crippen LogP contribution in [0.3, 0.4) is 0 Å². The molecule has 0 amide bonds. The summed E-state index contributed by atoms with van der Waals surface area (Å²) in [5.41, 5.74) is 0.626. The van der Waals surface area contributed by atoms with Crippen LogP contribution in [0.5, 0.6) is 0 Å². The molecule has 98 valence electrons. The van der Waals surface area contributed by atoms with Crippen LogP contribution in [0, 0.1) is 10.1 Å². The Hall–Kier alpha value is -1.96. The van der Waals surface area contributed by atoms with Crippen molar-refractivity contribution in [1.29, 1.82) is 0 Å². The van der Waals surface area contributed by atoms with E-state index in [2.05, 4.69) is 22.0 Å². The average molecular weight is 252 g/mol. The molecule has 1 aliphatic rings. The molecule has 1 aliphatic heterocycles. The second-order valence-electron chi connectivity index (χ2n) is 4.30. The monoisotopic (exact) mass is 252 g/mol. The Morgan fingerprint density at radius 2 is 2.06 bits per heavy atom. The lowest BCUT2D eigenvalue weighted by molar-refractivity contribution is -0.396. The maximum Gasteiger partial charge on any atom is 0.434 e. The van der Waals surface area contributed by atoms with Crippen LogP contribution in [0.25, 0.3) is 0 Å². The maximum atomic E-state index is 10.6. The maximum absolute atomic E-state index is 10.6. The fourth-order valence-electron chi connectivity index (χ4n) is 1.75. The van der Waals surface area contributed by atoms with E-state index in [0.29, 0.717) is 5.69 Å². The number of piperazine rings is 1. The zero-order chi connectivity index (χ0) is 13.1. The predicted octanol–water partition coefficient (Wildman–Crippen LogP) is -0.0904. The summed E-state index contributed by atoms with van der Waals surface area (Å²) in [6, 6.07) is 0. The topological polar surface area (TPSA) is 79.8 Å². The largest absolute Gasteiger partial charge is 0.434 e. The molecule has 8 nitrogen and oxygen atoms in total. The minimum absolute atomic E-state index is 0.171. The quantitative estimate of drug-likeness (QED) is 0.426. The van der Waals surface area contributed by atoms with Crippen molar-refractivity contribution in [2.45, 2.75) is 0 Å². The second-order valence-corrected chi connectivity index (χ2v) is 4.30. The van der Waals surface area contributed by atoms with Crippen LogP contribution in [0.1, 0.15) is 5.69 Å². The summed E-state index contributed by atoms with van der Waals surface area (Å²) in [4.78, 5) is 16.1. The first kappa shape index (κ1) is 12.5. The SMILES string of the molecule is CN1CCN(N=Cc2cnc([N+](=O)[O-])n2C)CC1. The fraction of sp³-hybridized carbons (Fsp3) is 0.600. The van der Waals surface area contributed by atoms with E-state index < -0.39 is 4.92 Å². The number of likely N-dealkylation sites (N-methyl/N-ethyl adjacent to an activating group) is 1. The molecule has 1 aromatic rings. The number of nitro groups is 1. The van der Waals surface area contributed by atoms with Gasteiger partial charge in [-0.2, -0.15) is 5.10 Å². The molecule has 0 aromatic carbocycles. The molecule has 0 radical (unpaired) electrons. The highest BCUT2D eigenvalue weighted by molar-refractivity contribution is 5.77. The third kappa shape index (κ3) is 2.65. The molecule has 0 spiro atoms. The van der Waals surface area contributed by atoms with E-state index in [1.54, 1.807) is 13.3 Å². The second kappa shape index (κ2) is 5.13. The van der Waals surface area contributed by atoms with Gasteiger partial charge in [0.05, 0.1) is 13.3 Å². The number of nitrogens with zero attached hydrogens (tertiary/aromatic N) is 6. The summed E-state index contributed by atoms with van der Waals surface area (Å²) in [5.74, 6) is -0.171. The van der Waals surface area contributed by atoms with Crippen LogP contribution in [0.4, 0.5) is 5.95 Å². The van der Waals surface area contributed by atoms with Crippen molar-refractivity contribution in [2.75, 3.05) is 33.2 Å². The van der Waals surface area contributed by atoms with Gasteiger partial charge >= 0.3 is 5.95 Å². The van der Waals surface area contributed by atoms with Crippen molar-refractivity contribution in [3.8, 4) is 0 Å². The number of imidazole rings is 1. The fourth-order valence-corrected chi connectivity index (χ4v) is 1.75. The third-order valence-corrected chi connectivity index (χ3v) is 3.00. The lowest BCUT2D eigenvalue weighted by Crippen LogP contribution is -2.41. The number of aromatic nitrogens is 2. The van der Waals surface area contributed by atoms with E-state index in [-0.39, 0.29) is 5.95 Å². The molecule has 1 saturated heterocycles. The third-order valence-electron chi connectivity index (χ3n) is 3.00. The summed E-state index contributed by atoms with van der Waals surface area (Å²) in [6.45, 7) is 3.69. The van der Waals surface area contributed by atoms with Crippen molar-refractivity contribution in [3.05, 3.63) is 22.0 Å². The molecular formula is C10H16N6O2. The molecule has 18 heavy (non-hydrogen) atoms. The number of hydrogen-bond acceptors (Lipinski definition) is 6. The van der Waals surface area contributed by atoms with Gasteiger partial charge in [0.2, 0.25) is 0 Å². The first-order chi connectivity index (χ1) is 8.58. The Morgan fingerprint density at radius 3 is 2.61 bits per heavy atom. The summed E-state index contributed by atoms with van der Waals surface area (Å²) >= 11 is 0. The van der Waals surface area contributed by atoms with E-state index in [1.807, 2.05) is 5.01 Å². The number of rotatable bonds is 3. The van der Waals surface area contributed by atoms with E-state index in [9.17, 15) is 10.1 Å². The van der Waals surface area contributed by atoms with Gasteiger partial charge < -0.3 is 15.0 Å². The molecule has 0 bridgehead atoms. The molecule has 1 fully saturated rings. The highest BCUT2D eigenvalue weighted by atomic mass is 16.6. The molecular weight excluding hydrogens is 236 g/mol. The van der Waals surface area contributed by atoms with Gasteiger partial charge in [-0.25, -0.2) is 4.57 Å². The van der Waals surface area contributed by atoms with Crippen LogP contribution in [0.2, 0.25) is 0 Å². The van der Waals surface area contributed by atoms with E-state index in [1.165, 1.54) is 10.8 Å². The number of hydrazone groups is 1. The lowest BCUT2D eigenvalue weighted by atomic mass is 10.4. The van der Waals surface area contributed by atoms with Gasteiger partial charge in [-0.1, -0.05) is 4.98 Å². The van der Waals surface area contributed by atoms with Gasteiger partial charge in [0.1, 0.15) is 6.20 Å². The molecule has 2 heterocycles. The van der Waals surface area contributed by atoms with Gasteiger partial charge in [-0.05, 0) is 12.0 Å². The standard InChI is InChI=1S/C10H16N6O2/c1-13-3-5-15(6-4-13)12-8-9-7-11-10(14(9)2)16(17)18/h7-8H,3-6H2,1-2H3. The minimum Gasteiger partial charge on any atom is -0.390 e. The van der Waals surface area contributed by atoms with Crippen molar-refractivity contribution >= 4 is 12.2 Å². The lowest BCUT2D eigenvalue weighted by Gasteiger charge is -2.30. The predicted molar refractivity (Wildman–Crippen MR) is 66.5 cm³/mol. The molecule has 2 rings (SSSR count). The molecule has 1 aromatic heterocycles. The highest BCUT2D eigenvalue weighted by Crippen LogP contribution is 2.09. The first-order valence-corrected chi connectivity index (χ1v) is 5.71. The van der Waals surface area contributed by atoms with Gasteiger partial charge in [0.15, 0.2) is 5.69 Å². The summed E-state index contributed by atoms with van der Waals surface area (Å²) in [5, 5.41) is 16.9. The zero-order valence-electron chi connectivity index (χ0n) is 10.5. The van der Waals surface area contributed by atoms with Crippen LogP contribution in [-0.2, 0) is 7.05 Å². The van der Waals surface area contributed by atoms with Crippen molar-refractivity contribution in [2.24, 2.45) is 12.1 Å². The zero-order valence-corrected chi connectivity index (χ0v) is 10.5. The van der Waals surface area contributed by atoms with Gasteiger partial charge in [-0.3, -0.25) is 5.01 Å². The Morgan fingerprint density at radius 1 is 1.39 bits per heavy atom. The Balaban J connectivity index is 2.03. The molecule has 0 saturated carbocycles. The molecule has 0 atom stereocenters. The van der Waals surface area contributed by atoms with E-state index in [4.69, 9.17) is 0 Å². The summed E-state index contributed by atoms with van der Waals surface area (Å²) < 4.78 is 1.42. The van der Waals surface area contributed by atoms with Gasteiger partial charge in [-0.15, -0.1) is 0 Å². The number of hydrogen-bond donors (Lipinski definition) is 0. The van der Waals surface area contributed by atoms with Crippen molar-refractivity contribution in [3.63, 3.8) is 0 Å². The van der Waals surface area contributed by atoms with Crippen LogP contribution in [-0.4, -0.2) is 63.8 Å². The normalized spacial score (nSPS) is 17.6. The molecule has 8 heteroatoms. The minimum atomic E-state index is -0.507. The smallest absolute Gasteiger partial charge is 0.390 e. The van der Waals surface area contributed by atoms with Gasteiger partial charge in [0.25, 0.3) is 0 Å². The summed E-state index contributed by atoms with van der Waals surface area (Å²) in [7, 11) is 3.68. The van der Waals surface area contributed by atoms with Gasteiger partial charge in [0, 0.05) is 26.2 Å². The van der Waals surface area contributed by atoms with E-state index in [0.717, 1.165) is 26.2 Å². The van der Waals surface area contributed by atoms with E-state index >= 15 is 0 Å². The van der Waals surface area contributed by atoms with Crippen LogP contribution in [0.15, 0.2) is 11.3 Å². The Labute approximate surface area is 105 Å². The average Bonchev–Trinajstić information content (AvgIpc) is 2.70. The first-order valence-electron chi connectivity index (χ1n) is 5.71. The summed E-state index contributed by atoms with van der Waals surface area (Å²) in [6.07, 6.45) is 3.07. The van der Waals surface area contributed by atoms with Crippen molar-refractivity contribution in [1.82, 2.24) is 19.5 Å².